The summed E-state index contributed by atoms with van der Waals surface area (Å²) in [5, 5.41) is 13.3. The number of amides is 2. The third-order valence-electron chi connectivity index (χ3n) is 2.95. The van der Waals surface area contributed by atoms with Crippen molar-refractivity contribution in [2.45, 2.75) is 0 Å². The van der Waals surface area contributed by atoms with E-state index in [9.17, 15) is 19.7 Å². The lowest BCUT2D eigenvalue weighted by molar-refractivity contribution is -0.384. The molecule has 7 heteroatoms. The quantitative estimate of drug-likeness (QED) is 0.501. The molecule has 23 heavy (non-hydrogen) atoms. The van der Waals surface area contributed by atoms with E-state index in [0.717, 1.165) is 0 Å². The van der Waals surface area contributed by atoms with E-state index in [4.69, 9.17) is 5.73 Å². The molecule has 0 atom stereocenters. The Balaban J connectivity index is 2.02. The molecular formula is C16H13N3O4. The molecule has 7 nitrogen and oxygen atoms in total. The highest BCUT2D eigenvalue weighted by Gasteiger charge is 2.05. The fourth-order valence-electron chi connectivity index (χ4n) is 1.82. The first-order chi connectivity index (χ1) is 11.0. The fourth-order valence-corrected chi connectivity index (χ4v) is 1.82. The van der Waals surface area contributed by atoms with Gasteiger partial charge in [0.15, 0.2) is 0 Å². The van der Waals surface area contributed by atoms with Gasteiger partial charge in [-0.15, -0.1) is 0 Å². The van der Waals surface area contributed by atoms with Gasteiger partial charge in [-0.2, -0.15) is 0 Å². The molecule has 2 aromatic rings. The number of nitro groups is 1. The van der Waals surface area contributed by atoms with Gasteiger partial charge in [-0.05, 0) is 35.9 Å². The van der Waals surface area contributed by atoms with E-state index >= 15 is 0 Å². The number of hydrogen-bond donors (Lipinski definition) is 2. The Morgan fingerprint density at radius 1 is 1.13 bits per heavy atom. The number of nitro benzene ring substituents is 1. The lowest BCUT2D eigenvalue weighted by Crippen LogP contribution is -2.11. The first kappa shape index (κ1) is 15.9. The highest BCUT2D eigenvalue weighted by molar-refractivity contribution is 6.02. The van der Waals surface area contributed by atoms with Crippen LogP contribution in [0.25, 0.3) is 6.08 Å². The van der Waals surface area contributed by atoms with Gasteiger partial charge in [0.25, 0.3) is 5.69 Å². The van der Waals surface area contributed by atoms with Crippen LogP contribution in [0, 0.1) is 10.1 Å². The Morgan fingerprint density at radius 3 is 2.43 bits per heavy atom. The smallest absolute Gasteiger partial charge is 0.270 e. The number of nitrogens with two attached hydrogens (primary N) is 1. The number of anilines is 1. The second-order valence-corrected chi connectivity index (χ2v) is 4.62. The lowest BCUT2D eigenvalue weighted by Gasteiger charge is -2.02. The zero-order valence-electron chi connectivity index (χ0n) is 11.9. The van der Waals surface area contributed by atoms with Crippen molar-refractivity contribution in [3.05, 3.63) is 75.8 Å². The lowest BCUT2D eigenvalue weighted by atomic mass is 10.2. The summed E-state index contributed by atoms with van der Waals surface area (Å²) in [6.45, 7) is 0. The van der Waals surface area contributed by atoms with Gasteiger partial charge in [0, 0.05) is 29.5 Å². The fraction of sp³-hybridized carbons (Fsp3) is 0. The van der Waals surface area contributed by atoms with E-state index in [1.807, 2.05) is 0 Å². The predicted octanol–water partition coefficient (Wildman–Crippen LogP) is 2.35. The number of nitrogens with zero attached hydrogens (tertiary/aromatic N) is 1. The molecule has 0 bridgehead atoms. The predicted molar refractivity (Wildman–Crippen MR) is 85.7 cm³/mol. The minimum absolute atomic E-state index is 0.0467. The van der Waals surface area contributed by atoms with Crippen molar-refractivity contribution in [1.29, 1.82) is 0 Å². The zero-order chi connectivity index (χ0) is 16.8. The molecule has 3 N–H and O–H groups in total. The Labute approximate surface area is 131 Å². The molecule has 2 rings (SSSR count). The first-order valence-corrected chi connectivity index (χ1v) is 6.59. The average molecular weight is 311 g/mol. The van der Waals surface area contributed by atoms with Crippen LogP contribution in [0.2, 0.25) is 0 Å². The standard InChI is InChI=1S/C16H13N3O4/c17-16(21)12-5-7-13(8-6-12)18-15(20)9-4-11-2-1-3-14(10-11)19(22)23/h1-10H,(H2,17,21)(H,18,20). The van der Waals surface area contributed by atoms with Crippen LogP contribution in [-0.2, 0) is 4.79 Å². The van der Waals surface area contributed by atoms with Gasteiger partial charge in [-0.3, -0.25) is 19.7 Å². The molecule has 0 radical (unpaired) electrons. The largest absolute Gasteiger partial charge is 0.366 e. The SMILES string of the molecule is NC(=O)c1ccc(NC(=O)C=Cc2cccc([N+](=O)[O-])c2)cc1. The Morgan fingerprint density at radius 2 is 1.83 bits per heavy atom. The van der Waals surface area contributed by atoms with Crippen LogP contribution < -0.4 is 11.1 Å². The van der Waals surface area contributed by atoms with Crippen LogP contribution in [0.3, 0.4) is 0 Å². The molecule has 116 valence electrons. The summed E-state index contributed by atoms with van der Waals surface area (Å²) >= 11 is 0. The molecule has 2 amide bonds. The third kappa shape index (κ3) is 4.50. The second-order valence-electron chi connectivity index (χ2n) is 4.62. The van der Waals surface area contributed by atoms with E-state index in [0.29, 0.717) is 16.8 Å². The number of hydrogen-bond acceptors (Lipinski definition) is 4. The van der Waals surface area contributed by atoms with E-state index in [1.165, 1.54) is 42.5 Å². The van der Waals surface area contributed by atoms with Crippen LogP contribution in [0.5, 0.6) is 0 Å². The van der Waals surface area contributed by atoms with Gasteiger partial charge in [0.1, 0.15) is 0 Å². The molecule has 0 aliphatic heterocycles. The number of benzene rings is 2. The summed E-state index contributed by atoms with van der Waals surface area (Å²) in [6.07, 6.45) is 2.74. The molecule has 0 heterocycles. The van der Waals surface area contributed by atoms with Gasteiger partial charge in [-0.25, -0.2) is 0 Å². The van der Waals surface area contributed by atoms with Crippen molar-refractivity contribution in [3.8, 4) is 0 Å². The molecule has 0 aromatic heterocycles. The zero-order valence-corrected chi connectivity index (χ0v) is 11.9. The maximum absolute atomic E-state index is 11.8. The van der Waals surface area contributed by atoms with Crippen molar-refractivity contribution in [2.24, 2.45) is 5.73 Å². The normalized spacial score (nSPS) is 10.4. The third-order valence-corrected chi connectivity index (χ3v) is 2.95. The summed E-state index contributed by atoms with van der Waals surface area (Å²) in [5.41, 5.74) is 6.46. The minimum Gasteiger partial charge on any atom is -0.366 e. The van der Waals surface area contributed by atoms with Crippen LogP contribution in [0.15, 0.2) is 54.6 Å². The van der Waals surface area contributed by atoms with E-state index in [-0.39, 0.29) is 5.69 Å². The van der Waals surface area contributed by atoms with Gasteiger partial charge < -0.3 is 11.1 Å². The maximum atomic E-state index is 11.8. The summed E-state index contributed by atoms with van der Waals surface area (Å²) in [7, 11) is 0. The molecular weight excluding hydrogens is 298 g/mol. The van der Waals surface area contributed by atoms with Crippen LogP contribution in [0.4, 0.5) is 11.4 Å². The van der Waals surface area contributed by atoms with E-state index in [2.05, 4.69) is 5.32 Å². The molecule has 0 unspecified atom stereocenters. The summed E-state index contributed by atoms with van der Waals surface area (Å²) in [4.78, 5) is 32.9. The second kappa shape index (κ2) is 6.99. The number of carbonyl (C=O) groups is 2. The number of rotatable bonds is 5. The number of nitrogens with one attached hydrogen (secondary N) is 1. The van der Waals surface area contributed by atoms with E-state index in [1.54, 1.807) is 18.2 Å². The molecule has 0 saturated heterocycles. The number of carbonyl (C=O) groups excluding carboxylic acids is 2. The highest BCUT2D eigenvalue weighted by Crippen LogP contribution is 2.14. The van der Waals surface area contributed by atoms with Crippen molar-refractivity contribution >= 4 is 29.3 Å². The molecule has 0 fully saturated rings. The molecule has 0 aliphatic rings. The molecule has 2 aromatic carbocycles. The van der Waals surface area contributed by atoms with Crippen molar-refractivity contribution in [2.75, 3.05) is 5.32 Å². The van der Waals surface area contributed by atoms with Gasteiger partial charge >= 0.3 is 0 Å². The van der Waals surface area contributed by atoms with Crippen molar-refractivity contribution < 1.29 is 14.5 Å². The maximum Gasteiger partial charge on any atom is 0.270 e. The summed E-state index contributed by atoms with van der Waals surface area (Å²) in [6, 6.07) is 12.0. The average Bonchev–Trinajstić information content (AvgIpc) is 2.53. The number of primary amides is 1. The summed E-state index contributed by atoms with van der Waals surface area (Å²) < 4.78 is 0. The molecule has 0 aliphatic carbocycles. The molecule has 0 spiro atoms. The Kier molecular flexibility index (Phi) is 4.83. The highest BCUT2D eigenvalue weighted by atomic mass is 16.6. The van der Waals surface area contributed by atoms with E-state index < -0.39 is 16.7 Å². The van der Waals surface area contributed by atoms with Gasteiger partial charge in [0.05, 0.1) is 4.92 Å². The topological polar surface area (TPSA) is 115 Å². The Bertz CT molecular complexity index is 782. The van der Waals surface area contributed by atoms with Gasteiger partial charge in [-0.1, -0.05) is 12.1 Å². The van der Waals surface area contributed by atoms with Gasteiger partial charge in [0.2, 0.25) is 11.8 Å². The van der Waals surface area contributed by atoms with Crippen molar-refractivity contribution in [3.63, 3.8) is 0 Å². The summed E-state index contributed by atoms with van der Waals surface area (Å²) in [5.74, 6) is -0.947. The molecule has 0 saturated carbocycles. The minimum atomic E-state index is -0.548. The Hall–Kier alpha value is -3.48. The van der Waals surface area contributed by atoms with Crippen LogP contribution in [0.1, 0.15) is 15.9 Å². The van der Waals surface area contributed by atoms with Crippen LogP contribution in [-0.4, -0.2) is 16.7 Å². The number of non-ortho nitro benzene ring substituents is 1. The first-order valence-electron chi connectivity index (χ1n) is 6.59. The van der Waals surface area contributed by atoms with Crippen LogP contribution >= 0.6 is 0 Å². The van der Waals surface area contributed by atoms with Crippen molar-refractivity contribution in [1.82, 2.24) is 0 Å². The monoisotopic (exact) mass is 311 g/mol.